The van der Waals surface area contributed by atoms with Crippen LogP contribution in [-0.4, -0.2) is 20.9 Å². The van der Waals surface area contributed by atoms with E-state index in [4.69, 9.17) is 11.5 Å². The summed E-state index contributed by atoms with van der Waals surface area (Å²) in [7, 11) is 0. The lowest BCUT2D eigenvalue weighted by Crippen LogP contribution is -2.27. The number of carbonyl (C=O) groups is 1. The van der Waals surface area contributed by atoms with E-state index in [-0.39, 0.29) is 11.9 Å². The highest BCUT2D eigenvalue weighted by atomic mass is 32.1. The van der Waals surface area contributed by atoms with Gasteiger partial charge in [-0.3, -0.25) is 4.79 Å². The third-order valence-electron chi connectivity index (χ3n) is 3.42. The van der Waals surface area contributed by atoms with Crippen molar-refractivity contribution in [2.24, 2.45) is 0 Å². The molecule has 1 aliphatic carbocycles. The first-order valence-electron chi connectivity index (χ1n) is 6.77. The van der Waals surface area contributed by atoms with Gasteiger partial charge in [0.15, 0.2) is 5.13 Å². The zero-order valence-electron chi connectivity index (χ0n) is 11.4. The maximum Gasteiger partial charge on any atom is 0.270 e. The van der Waals surface area contributed by atoms with Gasteiger partial charge in [0.1, 0.15) is 5.69 Å². The van der Waals surface area contributed by atoms with E-state index in [2.05, 4.69) is 20.3 Å². The van der Waals surface area contributed by atoms with Crippen molar-refractivity contribution in [2.45, 2.75) is 32.2 Å². The second-order valence-electron chi connectivity index (χ2n) is 4.92. The number of aromatic nitrogens is 3. The molecular weight excluding hydrogens is 288 g/mol. The number of nitrogens with zero attached hydrogens (tertiary/aromatic N) is 3. The molecule has 0 atom stereocenters. The lowest BCUT2D eigenvalue weighted by molar-refractivity contribution is 0.0944. The van der Waals surface area contributed by atoms with Gasteiger partial charge in [-0.1, -0.05) is 0 Å². The number of thiazole rings is 1. The first-order chi connectivity index (χ1) is 10.1. The molecule has 0 spiro atoms. The highest BCUT2D eigenvalue weighted by Crippen LogP contribution is 2.22. The summed E-state index contributed by atoms with van der Waals surface area (Å²) in [5.41, 5.74) is 14.2. The average Bonchev–Trinajstić information content (AvgIpc) is 2.89. The van der Waals surface area contributed by atoms with Gasteiger partial charge in [0.2, 0.25) is 5.95 Å². The molecule has 2 aromatic rings. The van der Waals surface area contributed by atoms with Crippen LogP contribution in [0.2, 0.25) is 0 Å². The predicted molar refractivity (Wildman–Crippen MR) is 80.8 cm³/mol. The number of nitrogens with one attached hydrogen (secondary N) is 1. The number of nitrogen functional groups attached to an aromatic ring is 2. The Morgan fingerprint density at radius 2 is 2.05 bits per heavy atom. The van der Waals surface area contributed by atoms with E-state index >= 15 is 0 Å². The summed E-state index contributed by atoms with van der Waals surface area (Å²) in [5, 5.41) is 5.12. The molecule has 2 aromatic heterocycles. The van der Waals surface area contributed by atoms with Gasteiger partial charge in [-0.15, -0.1) is 11.3 Å². The monoisotopic (exact) mass is 304 g/mol. The van der Waals surface area contributed by atoms with Gasteiger partial charge in [0, 0.05) is 16.6 Å². The number of hydrogen-bond donors (Lipinski definition) is 3. The summed E-state index contributed by atoms with van der Waals surface area (Å²) in [6, 6.07) is 0. The molecule has 21 heavy (non-hydrogen) atoms. The second-order valence-corrected chi connectivity index (χ2v) is 5.81. The van der Waals surface area contributed by atoms with Crippen molar-refractivity contribution < 1.29 is 4.79 Å². The van der Waals surface area contributed by atoms with E-state index in [9.17, 15) is 4.79 Å². The molecule has 2 heterocycles. The maximum absolute atomic E-state index is 12.3. The van der Waals surface area contributed by atoms with Crippen LogP contribution in [0.15, 0.2) is 5.38 Å². The zero-order valence-corrected chi connectivity index (χ0v) is 12.2. The van der Waals surface area contributed by atoms with Crippen LogP contribution in [0.3, 0.4) is 0 Å². The van der Waals surface area contributed by atoms with Crippen LogP contribution >= 0.6 is 11.3 Å². The molecule has 5 N–H and O–H groups in total. The van der Waals surface area contributed by atoms with Crippen LogP contribution in [0, 0.1) is 0 Å². The van der Waals surface area contributed by atoms with E-state index < -0.39 is 0 Å². The Balaban J connectivity index is 1.79. The van der Waals surface area contributed by atoms with Crippen LogP contribution < -0.4 is 16.8 Å². The Bertz CT molecular complexity index is 683. The van der Waals surface area contributed by atoms with E-state index in [1.165, 1.54) is 11.3 Å². The number of carbonyl (C=O) groups excluding carboxylic acids is 1. The standard InChI is InChI=1S/C13H16N6OS/c14-12-18-9-4-2-1-3-8(9)10(19-12)11(20)16-5-7-6-21-13(15)17-7/h6H,1-5H2,(H2,15,17)(H,16,20)(H2,14,18,19). The molecule has 1 amide bonds. The molecule has 0 fully saturated rings. The Labute approximate surface area is 125 Å². The van der Waals surface area contributed by atoms with E-state index in [0.29, 0.717) is 17.4 Å². The largest absolute Gasteiger partial charge is 0.375 e. The van der Waals surface area contributed by atoms with E-state index in [0.717, 1.165) is 42.6 Å². The molecule has 0 radical (unpaired) electrons. The van der Waals surface area contributed by atoms with Gasteiger partial charge in [-0.2, -0.15) is 0 Å². The fourth-order valence-electron chi connectivity index (χ4n) is 2.46. The Morgan fingerprint density at radius 3 is 2.81 bits per heavy atom. The van der Waals surface area contributed by atoms with Crippen molar-refractivity contribution >= 4 is 28.3 Å². The molecule has 0 bridgehead atoms. The van der Waals surface area contributed by atoms with Crippen molar-refractivity contribution in [3.63, 3.8) is 0 Å². The summed E-state index contributed by atoms with van der Waals surface area (Å²) in [5.74, 6) is -0.0903. The average molecular weight is 304 g/mol. The van der Waals surface area contributed by atoms with Crippen LogP contribution in [0.4, 0.5) is 11.1 Å². The molecule has 0 saturated heterocycles. The van der Waals surface area contributed by atoms with Crippen LogP contribution in [0.1, 0.15) is 40.3 Å². The van der Waals surface area contributed by atoms with Crippen molar-refractivity contribution in [3.05, 3.63) is 28.0 Å². The summed E-state index contributed by atoms with van der Waals surface area (Å²) < 4.78 is 0. The van der Waals surface area contributed by atoms with E-state index in [1.807, 2.05) is 5.38 Å². The molecule has 0 aliphatic heterocycles. The van der Waals surface area contributed by atoms with Gasteiger partial charge in [-0.25, -0.2) is 15.0 Å². The fraction of sp³-hybridized carbons (Fsp3) is 0.385. The van der Waals surface area contributed by atoms with Crippen LogP contribution in [0.5, 0.6) is 0 Å². The fourth-order valence-corrected chi connectivity index (χ4v) is 3.02. The van der Waals surface area contributed by atoms with Crippen molar-refractivity contribution in [2.75, 3.05) is 11.5 Å². The van der Waals surface area contributed by atoms with Crippen molar-refractivity contribution in [1.82, 2.24) is 20.3 Å². The first-order valence-corrected chi connectivity index (χ1v) is 7.65. The second kappa shape index (κ2) is 5.65. The topological polar surface area (TPSA) is 120 Å². The number of amides is 1. The van der Waals surface area contributed by atoms with Crippen LogP contribution in [0.25, 0.3) is 0 Å². The Morgan fingerprint density at radius 1 is 1.24 bits per heavy atom. The number of aryl methyl sites for hydroxylation is 1. The number of nitrogens with two attached hydrogens (primary N) is 2. The van der Waals surface area contributed by atoms with E-state index in [1.54, 1.807) is 0 Å². The maximum atomic E-state index is 12.3. The van der Waals surface area contributed by atoms with Gasteiger partial charge < -0.3 is 16.8 Å². The summed E-state index contributed by atoms with van der Waals surface area (Å²) >= 11 is 1.35. The minimum Gasteiger partial charge on any atom is -0.375 e. The van der Waals surface area contributed by atoms with Gasteiger partial charge >= 0.3 is 0 Å². The lowest BCUT2D eigenvalue weighted by Gasteiger charge is -2.17. The van der Waals surface area contributed by atoms with Crippen LogP contribution in [-0.2, 0) is 19.4 Å². The quantitative estimate of drug-likeness (QED) is 0.775. The third kappa shape index (κ3) is 2.94. The Kier molecular flexibility index (Phi) is 3.70. The molecule has 110 valence electrons. The van der Waals surface area contributed by atoms with Crippen molar-refractivity contribution in [1.29, 1.82) is 0 Å². The van der Waals surface area contributed by atoms with Gasteiger partial charge in [0.25, 0.3) is 5.91 Å². The minimum absolute atomic E-state index is 0.152. The molecule has 1 aliphatic rings. The molecular formula is C13H16N6OS. The highest BCUT2D eigenvalue weighted by molar-refractivity contribution is 7.13. The Hall–Kier alpha value is -2.22. The molecule has 8 heteroatoms. The number of anilines is 2. The third-order valence-corrected chi connectivity index (χ3v) is 4.14. The summed E-state index contributed by atoms with van der Waals surface area (Å²) in [4.78, 5) is 24.8. The van der Waals surface area contributed by atoms with Gasteiger partial charge in [-0.05, 0) is 25.7 Å². The molecule has 0 aromatic carbocycles. The molecule has 7 nitrogen and oxygen atoms in total. The summed E-state index contributed by atoms with van der Waals surface area (Å²) in [6.07, 6.45) is 3.79. The predicted octanol–water partition coefficient (Wildman–Crippen LogP) is 0.906. The molecule has 0 unspecified atom stereocenters. The molecule has 0 saturated carbocycles. The van der Waals surface area contributed by atoms with Gasteiger partial charge in [0.05, 0.1) is 12.2 Å². The number of hydrogen-bond acceptors (Lipinski definition) is 7. The number of rotatable bonds is 3. The summed E-state index contributed by atoms with van der Waals surface area (Å²) in [6.45, 7) is 0.325. The smallest absolute Gasteiger partial charge is 0.270 e. The zero-order chi connectivity index (χ0) is 14.8. The molecule has 3 rings (SSSR count). The first kappa shape index (κ1) is 13.7. The highest BCUT2D eigenvalue weighted by Gasteiger charge is 2.21. The normalized spacial score (nSPS) is 13.7. The number of fused-ring (bicyclic) bond motifs is 1. The lowest BCUT2D eigenvalue weighted by atomic mass is 9.94. The SMILES string of the molecule is Nc1nc2c(c(C(=O)NCc3csc(N)n3)n1)CCCC2. The van der Waals surface area contributed by atoms with Crippen molar-refractivity contribution in [3.8, 4) is 0 Å². The minimum atomic E-state index is -0.242.